The van der Waals surface area contributed by atoms with E-state index in [0.29, 0.717) is 17.2 Å². The van der Waals surface area contributed by atoms with E-state index in [1.807, 2.05) is 12.3 Å². The minimum atomic E-state index is 0.114. The van der Waals surface area contributed by atoms with Crippen molar-refractivity contribution in [2.45, 2.75) is 70.1 Å². The van der Waals surface area contributed by atoms with Gasteiger partial charge in [-0.1, -0.05) is 50.7 Å². The molecule has 1 amide bonds. The number of amides is 1. The van der Waals surface area contributed by atoms with Crippen molar-refractivity contribution in [1.82, 2.24) is 25.1 Å². The van der Waals surface area contributed by atoms with Gasteiger partial charge in [-0.3, -0.25) is 9.36 Å². The van der Waals surface area contributed by atoms with E-state index in [9.17, 15) is 4.79 Å². The maximum atomic E-state index is 12.9. The number of carbonyl (C=O) groups excluding carboxylic acids is 1. The number of rotatable bonds is 6. The summed E-state index contributed by atoms with van der Waals surface area (Å²) in [6, 6.07) is 9.00. The number of nitrogens with zero attached hydrogens (tertiary/aromatic N) is 3. The number of thioether (sulfide) groups is 1. The molecule has 2 heterocycles. The Morgan fingerprint density at radius 2 is 2.03 bits per heavy atom. The summed E-state index contributed by atoms with van der Waals surface area (Å²) in [6.45, 7) is 7.14. The summed E-state index contributed by atoms with van der Waals surface area (Å²) in [5, 5.41) is 14.4. The summed E-state index contributed by atoms with van der Waals surface area (Å²) in [7, 11) is 0. The van der Waals surface area contributed by atoms with E-state index in [1.165, 1.54) is 24.6 Å². The van der Waals surface area contributed by atoms with E-state index in [1.54, 1.807) is 0 Å². The topological polar surface area (TPSA) is 75.6 Å². The molecule has 3 saturated carbocycles. The van der Waals surface area contributed by atoms with E-state index in [-0.39, 0.29) is 17.4 Å². The largest absolute Gasteiger partial charge is 0.360 e. The van der Waals surface area contributed by atoms with Crippen molar-refractivity contribution < 1.29 is 4.79 Å². The summed E-state index contributed by atoms with van der Waals surface area (Å²) in [4.78, 5) is 16.3. The molecule has 3 atom stereocenters. The standard InChI is InChI=1S/C25H31N5OS/c1-24(2)15-10-11-25(24,3)20(12-15)27-21(31)14-32-23-29-28-22(30(23)16-8-9-16)18-13-26-19-7-5-4-6-17(18)19/h4-7,13,15-16,20,26H,8-12,14H2,1-3H3,(H,27,31). The lowest BCUT2D eigenvalue weighted by Crippen LogP contribution is -2.47. The maximum Gasteiger partial charge on any atom is 0.230 e. The molecule has 2 bridgehead atoms. The number of nitrogens with one attached hydrogen (secondary N) is 2. The van der Waals surface area contributed by atoms with Crippen LogP contribution in [0.25, 0.3) is 22.3 Å². The highest BCUT2D eigenvalue weighted by atomic mass is 32.2. The normalized spacial score (nSPS) is 28.5. The van der Waals surface area contributed by atoms with Gasteiger partial charge in [-0.05, 0) is 54.9 Å². The van der Waals surface area contributed by atoms with Gasteiger partial charge in [0.2, 0.25) is 5.91 Å². The third-order valence-corrected chi connectivity index (χ3v) is 9.81. The first-order chi connectivity index (χ1) is 15.4. The molecular weight excluding hydrogens is 418 g/mol. The van der Waals surface area contributed by atoms with Gasteiger partial charge in [-0.25, -0.2) is 0 Å². The Morgan fingerprint density at radius 3 is 2.75 bits per heavy atom. The average molecular weight is 450 g/mol. The van der Waals surface area contributed by atoms with E-state index in [4.69, 9.17) is 0 Å². The number of benzene rings is 1. The monoisotopic (exact) mass is 449 g/mol. The fraction of sp³-hybridized carbons (Fsp3) is 0.560. The van der Waals surface area contributed by atoms with Gasteiger partial charge in [0.25, 0.3) is 0 Å². The summed E-state index contributed by atoms with van der Waals surface area (Å²) in [5.74, 6) is 2.12. The molecule has 168 valence electrons. The van der Waals surface area contributed by atoms with Gasteiger partial charge < -0.3 is 10.3 Å². The van der Waals surface area contributed by atoms with Gasteiger partial charge in [0.1, 0.15) is 0 Å². The van der Waals surface area contributed by atoms with Crippen LogP contribution < -0.4 is 5.32 Å². The van der Waals surface area contributed by atoms with Gasteiger partial charge >= 0.3 is 0 Å². The van der Waals surface area contributed by atoms with Gasteiger partial charge in [0, 0.05) is 34.7 Å². The first-order valence-corrected chi connectivity index (χ1v) is 12.8. The molecule has 0 saturated heterocycles. The fourth-order valence-electron chi connectivity index (χ4n) is 6.27. The molecule has 0 aliphatic heterocycles. The summed E-state index contributed by atoms with van der Waals surface area (Å²) in [6.07, 6.45) is 7.93. The molecule has 32 heavy (non-hydrogen) atoms. The number of carbonyl (C=O) groups is 1. The van der Waals surface area contributed by atoms with Crippen LogP contribution in [0, 0.1) is 16.7 Å². The van der Waals surface area contributed by atoms with Gasteiger partial charge in [-0.15, -0.1) is 10.2 Å². The Bertz CT molecular complexity index is 1190. The van der Waals surface area contributed by atoms with Crippen LogP contribution in [0.4, 0.5) is 0 Å². The van der Waals surface area contributed by atoms with Crippen molar-refractivity contribution in [3.63, 3.8) is 0 Å². The molecule has 3 aliphatic carbocycles. The highest BCUT2D eigenvalue weighted by molar-refractivity contribution is 7.99. The lowest BCUT2D eigenvalue weighted by atomic mass is 9.69. The van der Waals surface area contributed by atoms with E-state index in [0.717, 1.165) is 52.6 Å². The number of aromatic nitrogens is 4. The number of fused-ring (bicyclic) bond motifs is 3. The predicted molar refractivity (Wildman–Crippen MR) is 127 cm³/mol. The number of para-hydroxylation sites is 1. The van der Waals surface area contributed by atoms with Gasteiger partial charge in [0.05, 0.1) is 5.75 Å². The Balaban J connectivity index is 1.19. The highest BCUT2D eigenvalue weighted by Gasteiger charge is 2.61. The zero-order chi connectivity index (χ0) is 22.1. The molecule has 3 aliphatic rings. The third-order valence-electron chi connectivity index (χ3n) is 8.87. The second-order valence-electron chi connectivity index (χ2n) is 10.7. The minimum absolute atomic E-state index is 0.114. The molecule has 3 unspecified atom stereocenters. The molecule has 3 fully saturated rings. The molecule has 6 rings (SSSR count). The first kappa shape index (κ1) is 20.3. The van der Waals surface area contributed by atoms with Crippen molar-refractivity contribution in [2.24, 2.45) is 16.7 Å². The van der Waals surface area contributed by atoms with E-state index < -0.39 is 0 Å². The molecule has 0 radical (unpaired) electrons. The van der Waals surface area contributed by atoms with Crippen LogP contribution in [0.3, 0.4) is 0 Å². The Morgan fingerprint density at radius 1 is 1.22 bits per heavy atom. The number of H-pyrrole nitrogens is 1. The first-order valence-electron chi connectivity index (χ1n) is 11.8. The van der Waals surface area contributed by atoms with Crippen LogP contribution >= 0.6 is 11.8 Å². The van der Waals surface area contributed by atoms with Crippen LogP contribution in [0.15, 0.2) is 35.6 Å². The molecular formula is C25H31N5OS. The van der Waals surface area contributed by atoms with Crippen molar-refractivity contribution in [3.05, 3.63) is 30.5 Å². The van der Waals surface area contributed by atoms with Crippen molar-refractivity contribution in [2.75, 3.05) is 5.75 Å². The Kier molecular flexibility index (Phi) is 4.52. The van der Waals surface area contributed by atoms with Crippen molar-refractivity contribution in [1.29, 1.82) is 0 Å². The Labute approximate surface area is 192 Å². The number of hydrogen-bond donors (Lipinski definition) is 2. The molecule has 6 nitrogen and oxygen atoms in total. The van der Waals surface area contributed by atoms with Crippen LogP contribution in [-0.4, -0.2) is 37.5 Å². The molecule has 7 heteroatoms. The van der Waals surface area contributed by atoms with Gasteiger partial charge in [-0.2, -0.15) is 0 Å². The molecule has 0 spiro atoms. The maximum absolute atomic E-state index is 12.9. The lowest BCUT2D eigenvalue weighted by Gasteiger charge is -2.39. The Hall–Kier alpha value is -2.28. The fourth-order valence-corrected chi connectivity index (χ4v) is 7.08. The molecule has 3 aromatic rings. The van der Waals surface area contributed by atoms with Crippen LogP contribution in [0.5, 0.6) is 0 Å². The zero-order valence-electron chi connectivity index (χ0n) is 19.0. The van der Waals surface area contributed by atoms with E-state index in [2.05, 4.69) is 64.0 Å². The van der Waals surface area contributed by atoms with Crippen molar-refractivity contribution >= 4 is 28.6 Å². The highest BCUT2D eigenvalue weighted by Crippen LogP contribution is 2.65. The molecule has 2 aromatic heterocycles. The SMILES string of the molecule is CC1(C)C2CCC1(C)C(NC(=O)CSc1nnc(-c3c[nH]c4ccccc34)n1C1CC1)C2. The number of hydrogen-bond acceptors (Lipinski definition) is 4. The zero-order valence-corrected chi connectivity index (χ0v) is 19.8. The molecule has 1 aromatic carbocycles. The average Bonchev–Trinajstić information content (AvgIpc) is 3.25. The third kappa shape index (κ3) is 2.96. The van der Waals surface area contributed by atoms with Crippen LogP contribution in [0.1, 0.15) is 58.9 Å². The van der Waals surface area contributed by atoms with Crippen molar-refractivity contribution in [3.8, 4) is 11.4 Å². The predicted octanol–water partition coefficient (Wildman–Crippen LogP) is 5.18. The quantitative estimate of drug-likeness (QED) is 0.508. The summed E-state index contributed by atoms with van der Waals surface area (Å²) >= 11 is 1.52. The molecule has 2 N–H and O–H groups in total. The summed E-state index contributed by atoms with van der Waals surface area (Å²) in [5.41, 5.74) is 2.68. The second-order valence-corrected chi connectivity index (χ2v) is 11.6. The van der Waals surface area contributed by atoms with Crippen LogP contribution in [-0.2, 0) is 4.79 Å². The lowest BCUT2D eigenvalue weighted by molar-refractivity contribution is -0.120. The summed E-state index contributed by atoms with van der Waals surface area (Å²) < 4.78 is 2.25. The smallest absolute Gasteiger partial charge is 0.230 e. The van der Waals surface area contributed by atoms with Crippen LogP contribution in [0.2, 0.25) is 0 Å². The van der Waals surface area contributed by atoms with Gasteiger partial charge in [0.15, 0.2) is 11.0 Å². The van der Waals surface area contributed by atoms with E-state index >= 15 is 0 Å². The minimum Gasteiger partial charge on any atom is -0.360 e. The number of aromatic amines is 1. The second kappa shape index (κ2) is 7.11.